The van der Waals surface area contributed by atoms with Crippen LogP contribution in [0, 0.1) is 19.7 Å². The quantitative estimate of drug-likeness (QED) is 0.944. The standard InChI is InChI=1S/C15H17FN2O2S/c1-10-4-5-13(12(3)6-10)7-11(2)9-21(19,20)15-14(16)8-17-18-15/h4-8H,9H2,1-3H3,(H,17,18). The summed E-state index contributed by atoms with van der Waals surface area (Å²) in [7, 11) is -3.75. The molecule has 0 aliphatic carbocycles. The Bertz CT molecular complexity index is 792. The number of benzene rings is 1. The minimum absolute atomic E-state index is 0.251. The Balaban J connectivity index is 2.27. The summed E-state index contributed by atoms with van der Waals surface area (Å²) in [6.07, 6.45) is 2.66. The maximum Gasteiger partial charge on any atom is 0.201 e. The Morgan fingerprint density at radius 2 is 2.10 bits per heavy atom. The molecular weight excluding hydrogens is 291 g/mol. The first-order valence-electron chi connectivity index (χ1n) is 6.45. The van der Waals surface area contributed by atoms with Crippen LogP contribution in [0.4, 0.5) is 4.39 Å². The lowest BCUT2D eigenvalue weighted by atomic mass is 10.0. The van der Waals surface area contributed by atoms with Gasteiger partial charge in [0.15, 0.2) is 10.8 Å². The summed E-state index contributed by atoms with van der Waals surface area (Å²) in [6, 6.07) is 5.94. The van der Waals surface area contributed by atoms with Gasteiger partial charge in [-0.25, -0.2) is 12.8 Å². The smallest absolute Gasteiger partial charge is 0.201 e. The number of nitrogens with zero attached hydrogens (tertiary/aromatic N) is 1. The minimum Gasteiger partial charge on any atom is -0.265 e. The lowest BCUT2D eigenvalue weighted by Crippen LogP contribution is -2.10. The molecule has 2 rings (SSSR count). The third kappa shape index (κ3) is 3.58. The van der Waals surface area contributed by atoms with E-state index in [0.717, 1.165) is 22.9 Å². The van der Waals surface area contributed by atoms with Crippen molar-refractivity contribution < 1.29 is 12.8 Å². The van der Waals surface area contributed by atoms with Gasteiger partial charge < -0.3 is 0 Å². The van der Waals surface area contributed by atoms with Crippen molar-refractivity contribution in [3.63, 3.8) is 0 Å². The average molecular weight is 308 g/mol. The van der Waals surface area contributed by atoms with Crippen molar-refractivity contribution in [3.8, 4) is 0 Å². The summed E-state index contributed by atoms with van der Waals surface area (Å²) in [5.74, 6) is -1.10. The van der Waals surface area contributed by atoms with Crippen LogP contribution in [0.2, 0.25) is 0 Å². The van der Waals surface area contributed by atoms with Gasteiger partial charge in [-0.05, 0) is 31.9 Å². The van der Waals surface area contributed by atoms with E-state index < -0.39 is 20.7 Å². The highest BCUT2D eigenvalue weighted by atomic mass is 32.2. The van der Waals surface area contributed by atoms with Crippen molar-refractivity contribution in [2.75, 3.05) is 5.75 Å². The molecule has 1 aromatic heterocycles. The third-order valence-corrected chi connectivity index (χ3v) is 4.86. The maximum absolute atomic E-state index is 13.3. The fourth-order valence-corrected chi connectivity index (χ4v) is 3.51. The fraction of sp³-hybridized carbons (Fsp3) is 0.267. The van der Waals surface area contributed by atoms with Crippen LogP contribution in [0.25, 0.3) is 6.08 Å². The molecule has 6 heteroatoms. The topological polar surface area (TPSA) is 62.8 Å². The molecule has 0 fully saturated rings. The van der Waals surface area contributed by atoms with Crippen LogP contribution in [0.1, 0.15) is 23.6 Å². The van der Waals surface area contributed by atoms with Gasteiger partial charge in [0.25, 0.3) is 0 Å². The first kappa shape index (κ1) is 15.4. The Morgan fingerprint density at radius 1 is 1.38 bits per heavy atom. The SMILES string of the molecule is CC(=Cc1ccc(C)cc1C)CS(=O)(=O)c1[nH]ncc1F. The van der Waals surface area contributed by atoms with E-state index in [1.807, 2.05) is 32.0 Å². The third-order valence-electron chi connectivity index (χ3n) is 3.12. The molecule has 21 heavy (non-hydrogen) atoms. The molecule has 1 N–H and O–H groups in total. The molecule has 0 radical (unpaired) electrons. The summed E-state index contributed by atoms with van der Waals surface area (Å²) in [6.45, 7) is 5.68. The number of hydrogen-bond donors (Lipinski definition) is 1. The average Bonchev–Trinajstić information content (AvgIpc) is 2.79. The lowest BCUT2D eigenvalue weighted by Gasteiger charge is -2.06. The highest BCUT2D eigenvalue weighted by molar-refractivity contribution is 7.91. The zero-order valence-corrected chi connectivity index (χ0v) is 13.0. The normalized spacial score (nSPS) is 12.7. The Labute approximate surface area is 123 Å². The van der Waals surface area contributed by atoms with Gasteiger partial charge in [0.05, 0.1) is 11.9 Å². The number of H-pyrrole nitrogens is 1. The van der Waals surface area contributed by atoms with Crippen LogP contribution in [-0.4, -0.2) is 24.4 Å². The zero-order chi connectivity index (χ0) is 15.6. The van der Waals surface area contributed by atoms with Crippen LogP contribution < -0.4 is 0 Å². The number of aromatic nitrogens is 2. The number of nitrogens with one attached hydrogen (secondary N) is 1. The predicted octanol–water partition coefficient (Wildman–Crippen LogP) is 3.04. The molecule has 1 aromatic carbocycles. The number of aromatic amines is 1. The fourth-order valence-electron chi connectivity index (χ4n) is 2.14. The molecule has 2 aromatic rings. The summed E-state index contributed by atoms with van der Waals surface area (Å²) in [4.78, 5) is 0. The van der Waals surface area contributed by atoms with Crippen LogP contribution in [0.3, 0.4) is 0 Å². The number of aryl methyl sites for hydroxylation is 2. The Morgan fingerprint density at radius 3 is 2.67 bits per heavy atom. The van der Waals surface area contributed by atoms with Crippen molar-refractivity contribution in [1.82, 2.24) is 10.2 Å². The summed E-state index contributed by atoms with van der Waals surface area (Å²) < 4.78 is 37.5. The van der Waals surface area contributed by atoms with Crippen molar-refractivity contribution >= 4 is 15.9 Å². The molecule has 0 amide bonds. The van der Waals surface area contributed by atoms with E-state index in [2.05, 4.69) is 10.2 Å². The van der Waals surface area contributed by atoms with Gasteiger partial charge in [-0.1, -0.05) is 35.4 Å². The zero-order valence-electron chi connectivity index (χ0n) is 12.1. The number of sulfone groups is 1. The van der Waals surface area contributed by atoms with E-state index in [1.54, 1.807) is 13.0 Å². The van der Waals surface area contributed by atoms with Gasteiger partial charge >= 0.3 is 0 Å². The van der Waals surface area contributed by atoms with E-state index in [1.165, 1.54) is 0 Å². The summed E-state index contributed by atoms with van der Waals surface area (Å²) in [5, 5.41) is 5.14. The summed E-state index contributed by atoms with van der Waals surface area (Å²) in [5.41, 5.74) is 3.81. The Kier molecular flexibility index (Phi) is 4.27. The molecule has 0 saturated heterocycles. The van der Waals surface area contributed by atoms with Crippen molar-refractivity contribution in [2.24, 2.45) is 0 Å². The number of rotatable bonds is 4. The molecule has 0 saturated carbocycles. The number of hydrogen-bond acceptors (Lipinski definition) is 3. The van der Waals surface area contributed by atoms with Crippen LogP contribution in [0.5, 0.6) is 0 Å². The van der Waals surface area contributed by atoms with Gasteiger partial charge in [-0.2, -0.15) is 5.10 Å². The molecule has 112 valence electrons. The second-order valence-electron chi connectivity index (χ2n) is 5.16. The molecule has 0 spiro atoms. The highest BCUT2D eigenvalue weighted by Gasteiger charge is 2.21. The van der Waals surface area contributed by atoms with Gasteiger partial charge in [-0.15, -0.1) is 0 Å². The molecular formula is C15H17FN2O2S. The molecule has 4 nitrogen and oxygen atoms in total. The largest absolute Gasteiger partial charge is 0.265 e. The molecule has 0 bridgehead atoms. The molecule has 1 heterocycles. The van der Waals surface area contributed by atoms with E-state index in [0.29, 0.717) is 5.57 Å². The predicted molar refractivity (Wildman–Crippen MR) is 80.2 cm³/mol. The molecule has 0 aliphatic heterocycles. The van der Waals surface area contributed by atoms with Gasteiger partial charge in [0.2, 0.25) is 9.84 Å². The minimum atomic E-state index is -3.75. The molecule has 0 unspecified atom stereocenters. The highest BCUT2D eigenvalue weighted by Crippen LogP contribution is 2.18. The van der Waals surface area contributed by atoms with E-state index in [-0.39, 0.29) is 5.75 Å². The van der Waals surface area contributed by atoms with Gasteiger partial charge in [0, 0.05) is 0 Å². The van der Waals surface area contributed by atoms with Crippen molar-refractivity contribution in [3.05, 3.63) is 52.5 Å². The van der Waals surface area contributed by atoms with Crippen molar-refractivity contribution in [1.29, 1.82) is 0 Å². The Hall–Kier alpha value is -1.95. The lowest BCUT2D eigenvalue weighted by molar-refractivity contribution is 0.564. The van der Waals surface area contributed by atoms with E-state index in [9.17, 15) is 12.8 Å². The second-order valence-corrected chi connectivity index (χ2v) is 7.08. The van der Waals surface area contributed by atoms with Gasteiger partial charge in [-0.3, -0.25) is 5.10 Å². The molecule has 0 aliphatic rings. The van der Waals surface area contributed by atoms with Crippen molar-refractivity contribution in [2.45, 2.75) is 25.8 Å². The first-order chi connectivity index (χ1) is 9.79. The first-order valence-corrected chi connectivity index (χ1v) is 8.11. The van der Waals surface area contributed by atoms with Gasteiger partial charge in [0.1, 0.15) is 0 Å². The monoisotopic (exact) mass is 308 g/mol. The van der Waals surface area contributed by atoms with E-state index >= 15 is 0 Å². The van der Waals surface area contributed by atoms with Crippen LogP contribution in [-0.2, 0) is 9.84 Å². The second kappa shape index (κ2) is 5.81. The number of halogens is 1. The maximum atomic E-state index is 13.3. The summed E-state index contributed by atoms with van der Waals surface area (Å²) >= 11 is 0. The molecule has 0 atom stereocenters. The van der Waals surface area contributed by atoms with E-state index in [4.69, 9.17) is 0 Å². The van der Waals surface area contributed by atoms with Crippen LogP contribution >= 0.6 is 0 Å². The van der Waals surface area contributed by atoms with Crippen LogP contribution in [0.15, 0.2) is 35.0 Å².